The molecule has 1 N–H and O–H groups in total. The first-order valence-corrected chi connectivity index (χ1v) is 11.2. The van der Waals surface area contributed by atoms with Crippen molar-refractivity contribution >= 4 is 48.1 Å². The van der Waals surface area contributed by atoms with Crippen LogP contribution >= 0.6 is 11.3 Å². The number of rotatable bonds is 4. The Kier molecular flexibility index (Phi) is 6.43. The Labute approximate surface area is 198 Å². The molecule has 1 aliphatic heterocycles. The molecule has 0 saturated heterocycles. The molecule has 0 spiro atoms. The Morgan fingerprint density at radius 1 is 1.00 bits per heavy atom. The maximum atomic E-state index is 12.7. The summed E-state index contributed by atoms with van der Waals surface area (Å²) in [6.45, 7) is 5.77. The number of nitrogens with one attached hydrogen (secondary N) is 1. The van der Waals surface area contributed by atoms with Crippen molar-refractivity contribution in [2.24, 2.45) is 0 Å². The summed E-state index contributed by atoms with van der Waals surface area (Å²) in [6.07, 6.45) is 0. The molecule has 0 amide bonds. The van der Waals surface area contributed by atoms with Crippen LogP contribution in [0.3, 0.4) is 0 Å². The second-order valence-electron chi connectivity index (χ2n) is 6.60. The minimum Gasteiger partial charge on any atom is -0.744 e. The van der Waals surface area contributed by atoms with Crippen LogP contribution in [0.15, 0.2) is 50.9 Å². The van der Waals surface area contributed by atoms with E-state index in [0.717, 1.165) is 41.1 Å². The number of benzene rings is 2. The largest absolute Gasteiger partial charge is 1.00 e. The number of aromatic nitrogens is 1. The molecule has 30 heavy (non-hydrogen) atoms. The van der Waals surface area contributed by atoms with Gasteiger partial charge in [-0.1, -0.05) is 0 Å². The van der Waals surface area contributed by atoms with E-state index in [4.69, 9.17) is 0 Å². The normalized spacial score (nSPS) is 11.7. The van der Waals surface area contributed by atoms with Crippen LogP contribution in [-0.2, 0) is 10.1 Å². The van der Waals surface area contributed by atoms with E-state index in [1.54, 1.807) is 0 Å². The van der Waals surface area contributed by atoms with Gasteiger partial charge in [-0.05, 0) is 50.2 Å². The molecule has 1 aliphatic carbocycles. The first-order valence-electron chi connectivity index (χ1n) is 9.02. The van der Waals surface area contributed by atoms with E-state index in [1.165, 1.54) is 17.4 Å². The van der Waals surface area contributed by atoms with Gasteiger partial charge >= 0.3 is 29.6 Å². The van der Waals surface area contributed by atoms with Crippen LogP contribution in [0.4, 0.5) is 5.69 Å². The van der Waals surface area contributed by atoms with Crippen LogP contribution in [0.2, 0.25) is 0 Å². The Balaban J connectivity index is 0.00000256. The summed E-state index contributed by atoms with van der Waals surface area (Å²) in [5, 5.41) is 0.674. The first kappa shape index (κ1) is 22.9. The second kappa shape index (κ2) is 8.41. The number of hydrogen-bond donors (Lipinski definition) is 1. The maximum Gasteiger partial charge on any atom is 1.00 e. The van der Waals surface area contributed by atoms with Gasteiger partial charge in [-0.2, -0.15) is 0 Å². The van der Waals surface area contributed by atoms with Crippen LogP contribution < -0.4 is 45.3 Å². The minimum atomic E-state index is -4.70. The zero-order valence-corrected chi connectivity index (χ0v) is 20.3. The molecular weight excluding hydrogens is 435 g/mol. The first-order chi connectivity index (χ1) is 13.7. The van der Waals surface area contributed by atoms with Crippen LogP contribution in [-0.4, -0.2) is 31.0 Å². The number of hydrogen-bond acceptors (Lipinski definition) is 7. The SMILES string of the molecule is CCN(CC)c1ccc2[nH]c3c4cc(S(=O)(=O)[O-])ccc4c(=O)c(=O)c=3sc2c1.[Na+]. The predicted molar refractivity (Wildman–Crippen MR) is 113 cm³/mol. The van der Waals surface area contributed by atoms with Crippen LogP contribution in [0.1, 0.15) is 13.8 Å². The van der Waals surface area contributed by atoms with Gasteiger partial charge in [0.1, 0.15) is 14.7 Å². The molecule has 150 valence electrons. The maximum absolute atomic E-state index is 12.7. The molecule has 0 unspecified atom stereocenters. The summed E-state index contributed by atoms with van der Waals surface area (Å²) in [4.78, 5) is 30.1. The van der Waals surface area contributed by atoms with Crippen molar-refractivity contribution in [3.63, 3.8) is 0 Å². The molecule has 4 rings (SSSR count). The molecular formula is C20H17N2NaO5S2. The van der Waals surface area contributed by atoms with E-state index in [2.05, 4.69) is 23.7 Å². The molecule has 0 radical (unpaired) electrons. The standard InChI is InChI=1S/C20H18N2O5S2.Na/c1-3-22(4-2)11-5-8-15-16(9-11)28-20-17(21-15)14-10-12(29(25,26)27)6-7-13(14)18(23)19(20)24;/h5-10,21H,3-4H2,1-2H3,(H,25,26,27);/q;+1/p-1. The molecule has 10 heteroatoms. The van der Waals surface area contributed by atoms with Gasteiger partial charge in [-0.3, -0.25) is 9.59 Å². The van der Waals surface area contributed by atoms with Gasteiger partial charge in [0.05, 0.1) is 20.5 Å². The van der Waals surface area contributed by atoms with Gasteiger partial charge < -0.3 is 14.4 Å². The number of nitrogens with zero attached hydrogens (tertiary/aromatic N) is 1. The van der Waals surface area contributed by atoms with Crippen molar-refractivity contribution in [2.45, 2.75) is 18.7 Å². The van der Waals surface area contributed by atoms with Gasteiger partial charge in [0.2, 0.25) is 10.9 Å². The molecule has 0 saturated carbocycles. The molecule has 1 heterocycles. The third kappa shape index (κ3) is 3.81. The predicted octanol–water partition coefficient (Wildman–Crippen LogP) is -0.418. The summed E-state index contributed by atoms with van der Waals surface area (Å²) in [7, 11) is -4.70. The van der Waals surface area contributed by atoms with Crippen LogP contribution in [0.5, 0.6) is 0 Å². The number of anilines is 1. The average Bonchev–Trinajstić information content (AvgIpc) is 2.70. The van der Waals surface area contributed by atoms with Crippen molar-refractivity contribution < 1.29 is 42.5 Å². The van der Waals surface area contributed by atoms with E-state index in [1.807, 2.05) is 18.2 Å². The second-order valence-corrected chi connectivity index (χ2v) is 9.04. The Hall–Kier alpha value is -1.75. The molecule has 0 atom stereocenters. The van der Waals surface area contributed by atoms with Crippen LogP contribution in [0.25, 0.3) is 21.0 Å². The van der Waals surface area contributed by atoms with Gasteiger partial charge in [0, 0.05) is 29.5 Å². The van der Waals surface area contributed by atoms with E-state index in [9.17, 15) is 22.6 Å². The number of aromatic amines is 1. The van der Waals surface area contributed by atoms with Gasteiger partial charge in [-0.15, -0.1) is 11.3 Å². The molecule has 2 aliphatic rings. The van der Waals surface area contributed by atoms with Crippen molar-refractivity contribution in [2.75, 3.05) is 18.0 Å². The molecule has 7 nitrogen and oxygen atoms in total. The zero-order chi connectivity index (χ0) is 20.9. The fourth-order valence-electron chi connectivity index (χ4n) is 3.50. The van der Waals surface area contributed by atoms with E-state index < -0.39 is 25.9 Å². The van der Waals surface area contributed by atoms with Crippen molar-refractivity contribution in [3.05, 3.63) is 66.7 Å². The summed E-state index contributed by atoms with van der Waals surface area (Å²) in [6, 6.07) is 9.22. The van der Waals surface area contributed by atoms with Crippen molar-refractivity contribution in [1.82, 2.24) is 4.98 Å². The zero-order valence-electron chi connectivity index (χ0n) is 16.7. The minimum absolute atomic E-state index is 0. The Morgan fingerprint density at radius 2 is 1.70 bits per heavy atom. The fourth-order valence-corrected chi connectivity index (χ4v) is 5.07. The molecule has 0 aromatic heterocycles. The number of H-pyrrole nitrogens is 1. The van der Waals surface area contributed by atoms with Crippen molar-refractivity contribution in [3.8, 4) is 0 Å². The van der Waals surface area contributed by atoms with Gasteiger partial charge in [0.15, 0.2) is 0 Å². The summed E-state index contributed by atoms with van der Waals surface area (Å²) < 4.78 is 35.3. The molecule has 2 aromatic rings. The van der Waals surface area contributed by atoms with E-state index >= 15 is 0 Å². The quantitative estimate of drug-likeness (QED) is 0.256. The van der Waals surface area contributed by atoms with E-state index in [0.29, 0.717) is 5.35 Å². The van der Waals surface area contributed by atoms with E-state index in [-0.39, 0.29) is 44.9 Å². The Morgan fingerprint density at radius 3 is 2.33 bits per heavy atom. The Bertz CT molecular complexity index is 1560. The van der Waals surface area contributed by atoms with Gasteiger partial charge in [0.25, 0.3) is 0 Å². The average molecular weight is 452 g/mol. The summed E-state index contributed by atoms with van der Waals surface area (Å²) >= 11 is 1.17. The molecule has 2 aromatic carbocycles. The summed E-state index contributed by atoms with van der Waals surface area (Å²) in [5.41, 5.74) is 0.378. The van der Waals surface area contributed by atoms with Gasteiger partial charge in [-0.25, -0.2) is 8.42 Å². The summed E-state index contributed by atoms with van der Waals surface area (Å²) in [5.74, 6) is 0. The third-order valence-corrected chi connectivity index (χ3v) is 6.98. The monoisotopic (exact) mass is 452 g/mol. The topological polar surface area (TPSA) is 110 Å². The fraction of sp³-hybridized carbons (Fsp3) is 0.200. The van der Waals surface area contributed by atoms with Crippen molar-refractivity contribution in [1.29, 1.82) is 0 Å². The molecule has 0 fully saturated rings. The third-order valence-electron chi connectivity index (χ3n) is 5.00. The smallest absolute Gasteiger partial charge is 0.744 e. The molecule has 0 bridgehead atoms. The van der Waals surface area contributed by atoms with Crippen LogP contribution in [0, 0.1) is 9.88 Å². The number of fused-ring (bicyclic) bond motifs is 3.